The first-order valence-electron chi connectivity index (χ1n) is 7.27. The first-order valence-corrected chi connectivity index (χ1v) is 7.65. The molecule has 1 aliphatic heterocycles. The van der Waals surface area contributed by atoms with E-state index in [2.05, 4.69) is 54.7 Å². The van der Waals surface area contributed by atoms with Crippen molar-refractivity contribution in [1.82, 2.24) is 5.32 Å². The summed E-state index contributed by atoms with van der Waals surface area (Å²) in [5.74, 6) is 1.13. The average molecular weight is 286 g/mol. The molecule has 2 aromatic rings. The van der Waals surface area contributed by atoms with Gasteiger partial charge in [-0.15, -0.1) is 0 Å². The molecule has 1 saturated heterocycles. The van der Waals surface area contributed by atoms with Crippen LogP contribution in [0.4, 0.5) is 0 Å². The van der Waals surface area contributed by atoms with E-state index in [0.717, 1.165) is 18.1 Å². The van der Waals surface area contributed by atoms with E-state index in [9.17, 15) is 0 Å². The highest BCUT2D eigenvalue weighted by Crippen LogP contribution is 2.39. The fourth-order valence-electron chi connectivity index (χ4n) is 3.34. The molecule has 2 atom stereocenters. The number of aryl methyl sites for hydroxylation is 1. The summed E-state index contributed by atoms with van der Waals surface area (Å²) in [4.78, 5) is 0. The van der Waals surface area contributed by atoms with Crippen LogP contribution in [-0.2, 0) is 0 Å². The van der Waals surface area contributed by atoms with Crippen molar-refractivity contribution < 1.29 is 0 Å². The Labute approximate surface area is 126 Å². The van der Waals surface area contributed by atoms with Gasteiger partial charge in [-0.25, -0.2) is 0 Å². The standard InChI is InChI=1S/C18H20ClN/c1-13-11-15(19)7-8-16(13)17-9-10-20-12-18(17)14-5-3-2-4-6-14/h2-8,11,17-18,20H,9-10,12H2,1H3. The third-order valence-electron chi connectivity index (χ3n) is 4.34. The van der Waals surface area contributed by atoms with Gasteiger partial charge in [0.15, 0.2) is 0 Å². The number of hydrogen-bond acceptors (Lipinski definition) is 1. The predicted octanol–water partition coefficient (Wildman–Crippen LogP) is 4.51. The highest BCUT2D eigenvalue weighted by molar-refractivity contribution is 6.30. The molecule has 0 spiro atoms. The minimum Gasteiger partial charge on any atom is -0.316 e. The molecule has 2 heteroatoms. The summed E-state index contributed by atoms with van der Waals surface area (Å²) >= 11 is 6.10. The molecule has 0 bridgehead atoms. The molecule has 0 radical (unpaired) electrons. The lowest BCUT2D eigenvalue weighted by molar-refractivity contribution is 0.403. The van der Waals surface area contributed by atoms with Crippen LogP contribution >= 0.6 is 11.6 Å². The van der Waals surface area contributed by atoms with Crippen LogP contribution in [0.5, 0.6) is 0 Å². The van der Waals surface area contributed by atoms with Crippen LogP contribution in [0.25, 0.3) is 0 Å². The minimum atomic E-state index is 0.546. The van der Waals surface area contributed by atoms with E-state index in [4.69, 9.17) is 11.6 Å². The van der Waals surface area contributed by atoms with Crippen molar-refractivity contribution in [2.24, 2.45) is 0 Å². The van der Waals surface area contributed by atoms with E-state index >= 15 is 0 Å². The lowest BCUT2D eigenvalue weighted by Gasteiger charge is -2.34. The Morgan fingerprint density at radius 3 is 2.60 bits per heavy atom. The summed E-state index contributed by atoms with van der Waals surface area (Å²) in [6.45, 7) is 4.32. The number of rotatable bonds is 2. The monoisotopic (exact) mass is 285 g/mol. The van der Waals surface area contributed by atoms with E-state index < -0.39 is 0 Å². The van der Waals surface area contributed by atoms with Crippen LogP contribution < -0.4 is 5.32 Å². The maximum Gasteiger partial charge on any atom is 0.0408 e. The van der Waals surface area contributed by atoms with Gasteiger partial charge in [-0.2, -0.15) is 0 Å². The molecule has 1 aliphatic rings. The highest BCUT2D eigenvalue weighted by atomic mass is 35.5. The molecule has 0 saturated carbocycles. The molecule has 2 unspecified atom stereocenters. The van der Waals surface area contributed by atoms with Crippen LogP contribution in [0.15, 0.2) is 48.5 Å². The van der Waals surface area contributed by atoms with Gasteiger partial charge in [-0.05, 0) is 54.6 Å². The second-order valence-corrected chi connectivity index (χ2v) is 6.05. The number of halogens is 1. The summed E-state index contributed by atoms with van der Waals surface area (Å²) in [5.41, 5.74) is 4.19. The smallest absolute Gasteiger partial charge is 0.0408 e. The summed E-state index contributed by atoms with van der Waals surface area (Å²) in [7, 11) is 0. The third-order valence-corrected chi connectivity index (χ3v) is 4.58. The van der Waals surface area contributed by atoms with Gasteiger partial charge in [0.25, 0.3) is 0 Å². The number of hydrogen-bond donors (Lipinski definition) is 1. The van der Waals surface area contributed by atoms with Crippen LogP contribution in [-0.4, -0.2) is 13.1 Å². The summed E-state index contributed by atoms with van der Waals surface area (Å²) in [6.07, 6.45) is 1.18. The number of nitrogens with one attached hydrogen (secondary N) is 1. The van der Waals surface area contributed by atoms with Crippen LogP contribution in [0.2, 0.25) is 5.02 Å². The SMILES string of the molecule is Cc1cc(Cl)ccc1C1CCNCC1c1ccccc1. The first-order chi connectivity index (χ1) is 9.75. The Balaban J connectivity index is 1.97. The third kappa shape index (κ3) is 2.74. The Kier molecular flexibility index (Phi) is 4.09. The zero-order valence-corrected chi connectivity index (χ0v) is 12.5. The molecule has 3 rings (SSSR count). The van der Waals surface area contributed by atoms with E-state index in [1.165, 1.54) is 23.1 Å². The molecule has 20 heavy (non-hydrogen) atoms. The maximum atomic E-state index is 6.10. The van der Waals surface area contributed by atoms with E-state index in [1.807, 2.05) is 6.07 Å². The van der Waals surface area contributed by atoms with Gasteiger partial charge in [-0.3, -0.25) is 0 Å². The fraction of sp³-hybridized carbons (Fsp3) is 0.333. The molecule has 1 fully saturated rings. The quantitative estimate of drug-likeness (QED) is 0.856. The fourth-order valence-corrected chi connectivity index (χ4v) is 3.56. The van der Waals surface area contributed by atoms with Crippen molar-refractivity contribution in [2.75, 3.05) is 13.1 Å². The molecule has 2 aromatic carbocycles. The Morgan fingerprint density at radius 1 is 1.05 bits per heavy atom. The lowest BCUT2D eigenvalue weighted by atomic mass is 9.76. The Bertz CT molecular complexity index is 579. The van der Waals surface area contributed by atoms with Crippen molar-refractivity contribution in [3.8, 4) is 0 Å². The van der Waals surface area contributed by atoms with Crippen LogP contribution in [0.1, 0.15) is 34.9 Å². The topological polar surface area (TPSA) is 12.0 Å². The van der Waals surface area contributed by atoms with E-state index in [1.54, 1.807) is 0 Å². The van der Waals surface area contributed by atoms with Crippen molar-refractivity contribution in [1.29, 1.82) is 0 Å². The van der Waals surface area contributed by atoms with Crippen LogP contribution in [0.3, 0.4) is 0 Å². The second kappa shape index (κ2) is 5.99. The van der Waals surface area contributed by atoms with Crippen LogP contribution in [0, 0.1) is 6.92 Å². The summed E-state index contributed by atoms with van der Waals surface area (Å²) < 4.78 is 0. The normalized spacial score (nSPS) is 22.7. The Morgan fingerprint density at radius 2 is 1.85 bits per heavy atom. The van der Waals surface area contributed by atoms with E-state index in [-0.39, 0.29) is 0 Å². The molecular weight excluding hydrogens is 266 g/mol. The van der Waals surface area contributed by atoms with Gasteiger partial charge in [0.1, 0.15) is 0 Å². The van der Waals surface area contributed by atoms with Gasteiger partial charge in [0, 0.05) is 17.5 Å². The van der Waals surface area contributed by atoms with Gasteiger partial charge >= 0.3 is 0 Å². The van der Waals surface area contributed by atoms with Crippen molar-refractivity contribution >= 4 is 11.6 Å². The number of piperidine rings is 1. The maximum absolute atomic E-state index is 6.10. The Hall–Kier alpha value is -1.31. The lowest BCUT2D eigenvalue weighted by Crippen LogP contribution is -2.34. The van der Waals surface area contributed by atoms with Gasteiger partial charge in [0.05, 0.1) is 0 Å². The van der Waals surface area contributed by atoms with Gasteiger partial charge < -0.3 is 5.32 Å². The minimum absolute atomic E-state index is 0.546. The summed E-state index contributed by atoms with van der Waals surface area (Å²) in [5, 5.41) is 4.37. The molecule has 1 nitrogen and oxygen atoms in total. The number of benzene rings is 2. The van der Waals surface area contributed by atoms with Crippen molar-refractivity contribution in [2.45, 2.75) is 25.2 Å². The first kappa shape index (κ1) is 13.7. The molecule has 0 aliphatic carbocycles. The molecule has 1 heterocycles. The van der Waals surface area contributed by atoms with Crippen molar-refractivity contribution in [3.63, 3.8) is 0 Å². The zero-order chi connectivity index (χ0) is 13.9. The molecule has 0 amide bonds. The molecule has 0 aromatic heterocycles. The van der Waals surface area contributed by atoms with E-state index in [0.29, 0.717) is 11.8 Å². The summed E-state index contributed by atoms with van der Waals surface area (Å²) in [6, 6.07) is 17.2. The zero-order valence-electron chi connectivity index (χ0n) is 11.8. The van der Waals surface area contributed by atoms with Gasteiger partial charge in [0.2, 0.25) is 0 Å². The highest BCUT2D eigenvalue weighted by Gasteiger charge is 2.28. The van der Waals surface area contributed by atoms with Crippen molar-refractivity contribution in [3.05, 3.63) is 70.2 Å². The predicted molar refractivity (Wildman–Crippen MR) is 85.6 cm³/mol. The molecular formula is C18H20ClN. The second-order valence-electron chi connectivity index (χ2n) is 5.62. The molecule has 104 valence electrons. The largest absolute Gasteiger partial charge is 0.316 e. The van der Waals surface area contributed by atoms with Gasteiger partial charge in [-0.1, -0.05) is 48.0 Å². The average Bonchev–Trinajstić information content (AvgIpc) is 2.48. The molecule has 1 N–H and O–H groups in total.